The Bertz CT molecular complexity index is 438. The summed E-state index contributed by atoms with van der Waals surface area (Å²) in [6, 6.07) is 7.54. The van der Waals surface area contributed by atoms with Crippen molar-refractivity contribution in [2.24, 2.45) is 5.92 Å². The van der Waals surface area contributed by atoms with Crippen molar-refractivity contribution in [2.75, 3.05) is 6.54 Å². The van der Waals surface area contributed by atoms with Gasteiger partial charge in [-0.2, -0.15) is 0 Å². The summed E-state index contributed by atoms with van der Waals surface area (Å²) in [6.45, 7) is 5.20. The van der Waals surface area contributed by atoms with Crippen molar-refractivity contribution in [1.29, 1.82) is 0 Å². The van der Waals surface area contributed by atoms with Crippen LogP contribution >= 0.6 is 0 Å². The van der Waals surface area contributed by atoms with E-state index in [1.807, 2.05) is 17.0 Å². The third-order valence-corrected chi connectivity index (χ3v) is 3.59. The fourth-order valence-corrected chi connectivity index (χ4v) is 2.22. The number of nitrogens with zero attached hydrogens (tertiary/aromatic N) is 1. The number of phenolic OH excluding ortho intramolecular Hbond substituents is 1. The monoisotopic (exact) mass is 261 g/mol. The topological polar surface area (TPSA) is 40.5 Å². The van der Waals surface area contributed by atoms with Gasteiger partial charge in [0.1, 0.15) is 5.75 Å². The van der Waals surface area contributed by atoms with Crippen LogP contribution in [0, 0.1) is 5.92 Å². The zero-order valence-electron chi connectivity index (χ0n) is 11.8. The van der Waals surface area contributed by atoms with Gasteiger partial charge in [0.2, 0.25) is 5.91 Å². The lowest BCUT2D eigenvalue weighted by atomic mass is 10.1. The summed E-state index contributed by atoms with van der Waals surface area (Å²) in [4.78, 5) is 14.4. The highest BCUT2D eigenvalue weighted by Gasteiger charge is 2.32. The van der Waals surface area contributed by atoms with E-state index in [0.717, 1.165) is 31.4 Å². The van der Waals surface area contributed by atoms with Crippen molar-refractivity contribution in [1.82, 2.24) is 4.90 Å². The maximum absolute atomic E-state index is 12.4. The third-order valence-electron chi connectivity index (χ3n) is 3.59. The Kier molecular flexibility index (Phi) is 4.46. The van der Waals surface area contributed by atoms with E-state index in [1.165, 1.54) is 0 Å². The van der Waals surface area contributed by atoms with Gasteiger partial charge >= 0.3 is 0 Å². The maximum atomic E-state index is 12.4. The Morgan fingerprint density at radius 3 is 2.63 bits per heavy atom. The quantitative estimate of drug-likeness (QED) is 0.855. The molecule has 3 heteroatoms. The molecule has 0 unspecified atom stereocenters. The molecule has 1 fully saturated rings. The SMILES string of the molecule is CC(C)CCN(C(=O)Cc1ccccc1O)C1CC1. The molecule has 1 aromatic carbocycles. The van der Waals surface area contributed by atoms with Crippen LogP contribution in [-0.4, -0.2) is 28.5 Å². The van der Waals surface area contributed by atoms with Crippen LogP contribution in [-0.2, 0) is 11.2 Å². The third kappa shape index (κ3) is 3.98. The number of hydrogen-bond acceptors (Lipinski definition) is 2. The minimum Gasteiger partial charge on any atom is -0.508 e. The minimum absolute atomic E-state index is 0.143. The molecule has 1 amide bonds. The number of hydrogen-bond donors (Lipinski definition) is 1. The van der Waals surface area contributed by atoms with E-state index < -0.39 is 0 Å². The molecule has 0 radical (unpaired) electrons. The van der Waals surface area contributed by atoms with E-state index in [1.54, 1.807) is 12.1 Å². The molecule has 0 aromatic heterocycles. The summed E-state index contributed by atoms with van der Waals surface area (Å²) >= 11 is 0. The van der Waals surface area contributed by atoms with Crippen molar-refractivity contribution in [3.63, 3.8) is 0 Å². The molecule has 0 aliphatic heterocycles. The summed E-state index contributed by atoms with van der Waals surface area (Å²) in [7, 11) is 0. The Morgan fingerprint density at radius 1 is 1.37 bits per heavy atom. The molecule has 1 aromatic rings. The molecule has 1 N–H and O–H groups in total. The summed E-state index contributed by atoms with van der Waals surface area (Å²) < 4.78 is 0. The number of carbonyl (C=O) groups is 1. The first-order valence-corrected chi connectivity index (χ1v) is 7.14. The number of benzene rings is 1. The van der Waals surface area contributed by atoms with Gasteiger partial charge in [-0.3, -0.25) is 4.79 Å². The van der Waals surface area contributed by atoms with Crippen molar-refractivity contribution < 1.29 is 9.90 Å². The average Bonchev–Trinajstić information content (AvgIpc) is 3.16. The molecular formula is C16H23NO2. The lowest BCUT2D eigenvalue weighted by molar-refractivity contribution is -0.131. The first-order valence-electron chi connectivity index (χ1n) is 7.14. The zero-order chi connectivity index (χ0) is 13.8. The van der Waals surface area contributed by atoms with E-state index in [4.69, 9.17) is 0 Å². The summed E-state index contributed by atoms with van der Waals surface area (Å²) in [5.41, 5.74) is 0.725. The van der Waals surface area contributed by atoms with E-state index >= 15 is 0 Å². The molecule has 2 rings (SSSR count). The predicted octanol–water partition coefficient (Wildman–Crippen LogP) is 2.97. The first kappa shape index (κ1) is 13.9. The standard InChI is InChI=1S/C16H23NO2/c1-12(2)9-10-17(14-7-8-14)16(19)11-13-5-3-4-6-15(13)18/h3-6,12,14,18H,7-11H2,1-2H3. The summed E-state index contributed by atoms with van der Waals surface area (Å²) in [6.07, 6.45) is 3.61. The Labute approximate surface area is 115 Å². The Morgan fingerprint density at radius 2 is 2.05 bits per heavy atom. The Balaban J connectivity index is 1.98. The van der Waals surface area contributed by atoms with Crippen LogP contribution in [0.5, 0.6) is 5.75 Å². The van der Waals surface area contributed by atoms with Gasteiger partial charge in [0.05, 0.1) is 6.42 Å². The van der Waals surface area contributed by atoms with Gasteiger partial charge in [0, 0.05) is 18.2 Å². The number of carbonyl (C=O) groups excluding carboxylic acids is 1. The normalized spacial score (nSPS) is 14.7. The van der Waals surface area contributed by atoms with Gasteiger partial charge in [-0.1, -0.05) is 32.0 Å². The van der Waals surface area contributed by atoms with Crippen LogP contribution in [0.3, 0.4) is 0 Å². The number of amides is 1. The van der Waals surface area contributed by atoms with Gasteiger partial charge in [-0.15, -0.1) is 0 Å². The van der Waals surface area contributed by atoms with E-state index in [9.17, 15) is 9.90 Å². The number of phenols is 1. The summed E-state index contributed by atoms with van der Waals surface area (Å²) in [5, 5.41) is 9.74. The average molecular weight is 261 g/mol. The Hall–Kier alpha value is -1.51. The minimum atomic E-state index is 0.143. The van der Waals surface area contributed by atoms with E-state index in [-0.39, 0.29) is 11.7 Å². The van der Waals surface area contributed by atoms with E-state index in [2.05, 4.69) is 13.8 Å². The second kappa shape index (κ2) is 6.09. The molecule has 1 aliphatic rings. The highest BCUT2D eigenvalue weighted by atomic mass is 16.3. The summed E-state index contributed by atoms with van der Waals surface area (Å²) in [5.74, 6) is 0.972. The fourth-order valence-electron chi connectivity index (χ4n) is 2.22. The predicted molar refractivity (Wildman–Crippen MR) is 76.0 cm³/mol. The largest absolute Gasteiger partial charge is 0.508 e. The van der Waals surface area contributed by atoms with Crippen LogP contribution < -0.4 is 0 Å². The smallest absolute Gasteiger partial charge is 0.227 e. The first-order chi connectivity index (χ1) is 9.08. The molecule has 0 atom stereocenters. The van der Waals surface area contributed by atoms with Gasteiger partial charge in [-0.25, -0.2) is 0 Å². The molecule has 0 spiro atoms. The van der Waals surface area contributed by atoms with Crippen LogP contribution in [0.2, 0.25) is 0 Å². The van der Waals surface area contributed by atoms with Crippen LogP contribution in [0.1, 0.15) is 38.7 Å². The zero-order valence-corrected chi connectivity index (χ0v) is 11.8. The van der Waals surface area contributed by atoms with Crippen molar-refractivity contribution in [3.05, 3.63) is 29.8 Å². The molecule has 104 valence electrons. The fraction of sp³-hybridized carbons (Fsp3) is 0.562. The van der Waals surface area contributed by atoms with E-state index in [0.29, 0.717) is 18.4 Å². The molecule has 0 heterocycles. The second-order valence-electron chi connectivity index (χ2n) is 5.81. The molecule has 0 saturated heterocycles. The van der Waals surface area contributed by atoms with Gasteiger partial charge in [-0.05, 0) is 31.2 Å². The highest BCUT2D eigenvalue weighted by molar-refractivity contribution is 5.80. The van der Waals surface area contributed by atoms with Crippen LogP contribution in [0.25, 0.3) is 0 Å². The van der Waals surface area contributed by atoms with Gasteiger partial charge < -0.3 is 10.0 Å². The number of para-hydroxylation sites is 1. The van der Waals surface area contributed by atoms with Crippen LogP contribution in [0.15, 0.2) is 24.3 Å². The van der Waals surface area contributed by atoms with Crippen molar-refractivity contribution in [3.8, 4) is 5.75 Å². The lowest BCUT2D eigenvalue weighted by Crippen LogP contribution is -2.35. The van der Waals surface area contributed by atoms with Crippen molar-refractivity contribution in [2.45, 2.75) is 45.6 Å². The second-order valence-corrected chi connectivity index (χ2v) is 5.81. The van der Waals surface area contributed by atoms with Gasteiger partial charge in [0.25, 0.3) is 0 Å². The maximum Gasteiger partial charge on any atom is 0.227 e. The molecule has 19 heavy (non-hydrogen) atoms. The molecular weight excluding hydrogens is 238 g/mol. The molecule has 0 bridgehead atoms. The van der Waals surface area contributed by atoms with Gasteiger partial charge in [0.15, 0.2) is 0 Å². The van der Waals surface area contributed by atoms with Crippen LogP contribution in [0.4, 0.5) is 0 Å². The number of aromatic hydroxyl groups is 1. The van der Waals surface area contributed by atoms with Crippen molar-refractivity contribution >= 4 is 5.91 Å². The number of rotatable bonds is 6. The lowest BCUT2D eigenvalue weighted by Gasteiger charge is -2.23. The molecule has 3 nitrogen and oxygen atoms in total. The highest BCUT2D eigenvalue weighted by Crippen LogP contribution is 2.28. The molecule has 1 aliphatic carbocycles. The molecule has 1 saturated carbocycles.